The number of hydrogen-bond donors (Lipinski definition) is 1. The third kappa shape index (κ3) is 4.13. The fraction of sp³-hybridized carbons (Fsp3) is 0.273. The number of carbonyl (C=O) groups is 2. The molecule has 0 fully saturated rings. The Labute approximate surface area is 93.2 Å². The van der Waals surface area contributed by atoms with E-state index in [0.29, 0.717) is 23.4 Å². The minimum Gasteiger partial charge on any atom is -0.370 e. The number of halogens is 1. The Morgan fingerprint density at radius 1 is 1.27 bits per heavy atom. The van der Waals surface area contributed by atoms with Crippen LogP contribution in [0.1, 0.15) is 29.6 Å². The number of hydrogen-bond acceptors (Lipinski definition) is 2. The number of primary amides is 1. The summed E-state index contributed by atoms with van der Waals surface area (Å²) in [6.07, 6.45) is 1.05. The smallest absolute Gasteiger partial charge is 0.217 e. The zero-order valence-electron chi connectivity index (χ0n) is 8.20. The molecule has 0 unspecified atom stereocenters. The predicted octanol–water partition coefficient (Wildman–Crippen LogP) is 2.18. The van der Waals surface area contributed by atoms with Gasteiger partial charge in [-0.2, -0.15) is 0 Å². The van der Waals surface area contributed by atoms with Crippen molar-refractivity contribution in [2.75, 3.05) is 0 Å². The van der Waals surface area contributed by atoms with Gasteiger partial charge in [0, 0.05) is 23.4 Å². The molecule has 0 atom stereocenters. The van der Waals surface area contributed by atoms with Gasteiger partial charge in [-0.15, -0.1) is 0 Å². The van der Waals surface area contributed by atoms with E-state index in [1.165, 1.54) is 0 Å². The predicted molar refractivity (Wildman–Crippen MR) is 58.8 cm³/mol. The molecule has 0 saturated carbocycles. The standard InChI is InChI=1S/C11H12ClNO2/c12-9-4-1-3-8(7-9)10(14)5-2-6-11(13)15/h1,3-4,7H,2,5-6H2,(H2,13,15). The molecule has 80 valence electrons. The zero-order valence-corrected chi connectivity index (χ0v) is 8.96. The van der Waals surface area contributed by atoms with Crippen LogP contribution in [0.4, 0.5) is 0 Å². The van der Waals surface area contributed by atoms with E-state index in [1.807, 2.05) is 0 Å². The summed E-state index contributed by atoms with van der Waals surface area (Å²) in [5.74, 6) is -0.396. The quantitative estimate of drug-likeness (QED) is 0.781. The highest BCUT2D eigenvalue weighted by Crippen LogP contribution is 2.13. The van der Waals surface area contributed by atoms with Crippen LogP contribution in [-0.2, 0) is 4.79 Å². The molecule has 1 rings (SSSR count). The van der Waals surface area contributed by atoms with Gasteiger partial charge >= 0.3 is 0 Å². The number of Topliss-reactive ketones (excluding diaryl/α,β-unsaturated/α-hetero) is 1. The van der Waals surface area contributed by atoms with Crippen LogP contribution in [-0.4, -0.2) is 11.7 Å². The minimum absolute atomic E-state index is 0.0150. The van der Waals surface area contributed by atoms with Gasteiger partial charge in [0.05, 0.1) is 0 Å². The van der Waals surface area contributed by atoms with E-state index < -0.39 is 0 Å². The van der Waals surface area contributed by atoms with Crippen molar-refractivity contribution in [1.29, 1.82) is 0 Å². The van der Waals surface area contributed by atoms with Crippen molar-refractivity contribution in [2.24, 2.45) is 5.73 Å². The lowest BCUT2D eigenvalue weighted by molar-refractivity contribution is -0.118. The first-order chi connectivity index (χ1) is 7.09. The molecule has 0 aromatic heterocycles. The average molecular weight is 226 g/mol. The highest BCUT2D eigenvalue weighted by molar-refractivity contribution is 6.31. The van der Waals surface area contributed by atoms with Crippen LogP contribution in [0.15, 0.2) is 24.3 Å². The molecule has 1 aromatic carbocycles. The first-order valence-electron chi connectivity index (χ1n) is 4.66. The van der Waals surface area contributed by atoms with Gasteiger partial charge in [0.25, 0.3) is 0 Å². The minimum atomic E-state index is -0.381. The Hall–Kier alpha value is -1.35. The molecule has 3 nitrogen and oxygen atoms in total. The first kappa shape index (κ1) is 11.7. The molecule has 15 heavy (non-hydrogen) atoms. The summed E-state index contributed by atoms with van der Waals surface area (Å²) in [5.41, 5.74) is 5.55. The summed E-state index contributed by atoms with van der Waals surface area (Å²) in [4.78, 5) is 22.0. The topological polar surface area (TPSA) is 60.2 Å². The molecule has 2 N–H and O–H groups in total. The summed E-state index contributed by atoms with van der Waals surface area (Å²) < 4.78 is 0. The van der Waals surface area contributed by atoms with E-state index >= 15 is 0 Å². The van der Waals surface area contributed by atoms with Crippen molar-refractivity contribution >= 4 is 23.3 Å². The van der Waals surface area contributed by atoms with Crippen LogP contribution in [0, 0.1) is 0 Å². The second-order valence-electron chi connectivity index (χ2n) is 3.25. The molecule has 0 aliphatic heterocycles. The lowest BCUT2D eigenvalue weighted by atomic mass is 10.1. The van der Waals surface area contributed by atoms with Crippen LogP contribution >= 0.6 is 11.6 Å². The van der Waals surface area contributed by atoms with E-state index in [9.17, 15) is 9.59 Å². The molecule has 0 saturated heterocycles. The van der Waals surface area contributed by atoms with E-state index in [0.717, 1.165) is 0 Å². The molecule has 0 spiro atoms. The molecule has 0 aliphatic carbocycles. The third-order valence-electron chi connectivity index (χ3n) is 1.97. The van der Waals surface area contributed by atoms with E-state index in [4.69, 9.17) is 17.3 Å². The first-order valence-corrected chi connectivity index (χ1v) is 5.04. The maximum absolute atomic E-state index is 11.6. The Morgan fingerprint density at radius 3 is 2.60 bits per heavy atom. The second-order valence-corrected chi connectivity index (χ2v) is 3.69. The second kappa shape index (κ2) is 5.51. The highest BCUT2D eigenvalue weighted by atomic mass is 35.5. The Bertz CT molecular complexity index is 377. The Morgan fingerprint density at radius 2 is 2.00 bits per heavy atom. The van der Waals surface area contributed by atoms with Crippen molar-refractivity contribution < 1.29 is 9.59 Å². The van der Waals surface area contributed by atoms with Crippen LogP contribution in [0.25, 0.3) is 0 Å². The van der Waals surface area contributed by atoms with Crippen molar-refractivity contribution in [3.8, 4) is 0 Å². The van der Waals surface area contributed by atoms with Crippen molar-refractivity contribution in [1.82, 2.24) is 0 Å². The van der Waals surface area contributed by atoms with Gasteiger partial charge in [-0.25, -0.2) is 0 Å². The number of ketones is 1. The molecule has 1 amide bonds. The molecule has 4 heteroatoms. The van der Waals surface area contributed by atoms with Crippen LogP contribution in [0.3, 0.4) is 0 Å². The molecule has 0 heterocycles. The fourth-order valence-electron chi connectivity index (χ4n) is 1.23. The van der Waals surface area contributed by atoms with Crippen molar-refractivity contribution in [2.45, 2.75) is 19.3 Å². The van der Waals surface area contributed by atoms with Gasteiger partial charge in [0.1, 0.15) is 0 Å². The lowest BCUT2D eigenvalue weighted by Gasteiger charge is -2.00. The summed E-state index contributed by atoms with van der Waals surface area (Å²) in [6.45, 7) is 0. The summed E-state index contributed by atoms with van der Waals surface area (Å²) in [6, 6.07) is 6.76. The Kier molecular flexibility index (Phi) is 4.31. The number of nitrogens with two attached hydrogens (primary N) is 1. The van der Waals surface area contributed by atoms with Gasteiger partial charge in [0.2, 0.25) is 5.91 Å². The van der Waals surface area contributed by atoms with Crippen LogP contribution < -0.4 is 5.73 Å². The van der Waals surface area contributed by atoms with Crippen molar-refractivity contribution in [3.63, 3.8) is 0 Å². The van der Waals surface area contributed by atoms with Gasteiger partial charge in [-0.1, -0.05) is 23.7 Å². The summed E-state index contributed by atoms with van der Waals surface area (Å²) >= 11 is 5.75. The molecule has 0 bridgehead atoms. The van der Waals surface area contributed by atoms with Gasteiger partial charge in [0.15, 0.2) is 5.78 Å². The average Bonchev–Trinajstić information content (AvgIpc) is 2.17. The molecule has 0 aliphatic rings. The van der Waals surface area contributed by atoms with Crippen LogP contribution in [0.2, 0.25) is 5.02 Å². The van der Waals surface area contributed by atoms with Gasteiger partial charge < -0.3 is 5.73 Å². The van der Waals surface area contributed by atoms with E-state index in [2.05, 4.69) is 0 Å². The normalized spacial score (nSPS) is 9.93. The van der Waals surface area contributed by atoms with E-state index in [1.54, 1.807) is 24.3 Å². The largest absolute Gasteiger partial charge is 0.370 e. The number of amides is 1. The third-order valence-corrected chi connectivity index (χ3v) is 2.21. The lowest BCUT2D eigenvalue weighted by Crippen LogP contribution is -2.10. The van der Waals surface area contributed by atoms with Crippen molar-refractivity contribution in [3.05, 3.63) is 34.9 Å². The zero-order chi connectivity index (χ0) is 11.3. The van der Waals surface area contributed by atoms with E-state index in [-0.39, 0.29) is 18.1 Å². The number of carbonyl (C=O) groups excluding carboxylic acids is 2. The Balaban J connectivity index is 2.50. The number of rotatable bonds is 5. The van der Waals surface area contributed by atoms with Gasteiger partial charge in [-0.3, -0.25) is 9.59 Å². The maximum Gasteiger partial charge on any atom is 0.217 e. The molecular formula is C11H12ClNO2. The monoisotopic (exact) mass is 225 g/mol. The van der Waals surface area contributed by atoms with Crippen LogP contribution in [0.5, 0.6) is 0 Å². The number of benzene rings is 1. The maximum atomic E-state index is 11.6. The molecule has 1 aromatic rings. The fourth-order valence-corrected chi connectivity index (χ4v) is 1.42. The molecule has 0 radical (unpaired) electrons. The SMILES string of the molecule is NC(=O)CCCC(=O)c1cccc(Cl)c1. The highest BCUT2D eigenvalue weighted by Gasteiger charge is 2.06. The van der Waals surface area contributed by atoms with Gasteiger partial charge in [-0.05, 0) is 18.6 Å². The summed E-state index contributed by atoms with van der Waals surface area (Å²) in [5, 5.41) is 0.538. The molecular weight excluding hydrogens is 214 g/mol. The summed E-state index contributed by atoms with van der Waals surface area (Å²) in [7, 11) is 0.